The fourth-order valence-electron chi connectivity index (χ4n) is 3.42. The number of amides is 2. The van der Waals surface area contributed by atoms with E-state index in [4.69, 9.17) is 0 Å². The van der Waals surface area contributed by atoms with Gasteiger partial charge in [-0.3, -0.25) is 9.59 Å². The van der Waals surface area contributed by atoms with Crippen molar-refractivity contribution < 1.29 is 9.59 Å². The smallest absolute Gasteiger partial charge is 0.222 e. The van der Waals surface area contributed by atoms with Gasteiger partial charge in [0.15, 0.2) is 0 Å². The molecule has 1 aliphatic rings. The van der Waals surface area contributed by atoms with Crippen molar-refractivity contribution in [1.82, 2.24) is 15.2 Å². The van der Waals surface area contributed by atoms with Crippen LogP contribution in [0.15, 0.2) is 54.7 Å². The Kier molecular flexibility index (Phi) is 7.00. The molecule has 0 aliphatic carbocycles. The second-order valence-corrected chi connectivity index (χ2v) is 7.11. The number of carbonyl (C=O) groups is 2. The molecule has 1 atom stereocenters. The summed E-state index contributed by atoms with van der Waals surface area (Å²) in [7, 11) is 0. The van der Waals surface area contributed by atoms with Crippen LogP contribution in [0.3, 0.4) is 0 Å². The Balaban J connectivity index is 1.35. The lowest BCUT2D eigenvalue weighted by Crippen LogP contribution is -2.49. The molecular formula is C22H28N4O2. The summed E-state index contributed by atoms with van der Waals surface area (Å²) < 4.78 is 0. The van der Waals surface area contributed by atoms with Gasteiger partial charge in [-0.15, -0.1) is 0 Å². The molecule has 0 spiro atoms. The van der Waals surface area contributed by atoms with E-state index in [9.17, 15) is 9.59 Å². The van der Waals surface area contributed by atoms with E-state index in [2.05, 4.69) is 15.2 Å². The Morgan fingerprint density at radius 1 is 1.00 bits per heavy atom. The average molecular weight is 380 g/mol. The fourth-order valence-corrected chi connectivity index (χ4v) is 3.42. The van der Waals surface area contributed by atoms with Gasteiger partial charge in [-0.25, -0.2) is 4.98 Å². The topological polar surface area (TPSA) is 65.5 Å². The third kappa shape index (κ3) is 5.55. The summed E-state index contributed by atoms with van der Waals surface area (Å²) in [5, 5.41) is 3.00. The van der Waals surface area contributed by atoms with Crippen LogP contribution in [0.4, 0.5) is 5.82 Å². The lowest BCUT2D eigenvalue weighted by Gasteiger charge is -2.35. The minimum Gasteiger partial charge on any atom is -0.353 e. The quantitative estimate of drug-likeness (QED) is 0.802. The molecule has 2 heterocycles. The van der Waals surface area contributed by atoms with Crippen LogP contribution < -0.4 is 10.2 Å². The van der Waals surface area contributed by atoms with Crippen molar-refractivity contribution in [2.45, 2.75) is 32.2 Å². The first-order valence-electron chi connectivity index (χ1n) is 9.91. The van der Waals surface area contributed by atoms with Gasteiger partial charge in [0, 0.05) is 45.2 Å². The molecule has 0 saturated carbocycles. The highest BCUT2D eigenvalue weighted by Crippen LogP contribution is 2.14. The van der Waals surface area contributed by atoms with Gasteiger partial charge >= 0.3 is 0 Å². The first-order valence-corrected chi connectivity index (χ1v) is 9.91. The number of hydrogen-bond acceptors (Lipinski definition) is 4. The minimum absolute atomic E-state index is 0.0101. The lowest BCUT2D eigenvalue weighted by molar-refractivity contribution is -0.131. The van der Waals surface area contributed by atoms with Crippen LogP contribution in [0.25, 0.3) is 0 Å². The highest BCUT2D eigenvalue weighted by atomic mass is 16.2. The highest BCUT2D eigenvalue weighted by molar-refractivity contribution is 5.79. The largest absolute Gasteiger partial charge is 0.353 e. The van der Waals surface area contributed by atoms with Gasteiger partial charge in [0.1, 0.15) is 5.82 Å². The molecule has 0 radical (unpaired) electrons. The van der Waals surface area contributed by atoms with E-state index in [-0.39, 0.29) is 17.9 Å². The summed E-state index contributed by atoms with van der Waals surface area (Å²) in [5.41, 5.74) is 1.08. The van der Waals surface area contributed by atoms with Crippen LogP contribution in [0.1, 0.15) is 37.8 Å². The molecule has 1 N–H and O–H groups in total. The minimum atomic E-state index is -0.0240. The number of rotatable bonds is 7. The normalized spacial score (nSPS) is 15.2. The van der Waals surface area contributed by atoms with Crippen molar-refractivity contribution in [2.24, 2.45) is 0 Å². The van der Waals surface area contributed by atoms with Crippen molar-refractivity contribution in [3.63, 3.8) is 0 Å². The second kappa shape index (κ2) is 9.88. The Hall–Kier alpha value is -2.89. The van der Waals surface area contributed by atoms with Crippen LogP contribution >= 0.6 is 0 Å². The summed E-state index contributed by atoms with van der Waals surface area (Å²) in [5.74, 6) is 1.08. The average Bonchev–Trinajstić information content (AvgIpc) is 2.75. The van der Waals surface area contributed by atoms with Gasteiger partial charge in [-0.2, -0.15) is 0 Å². The van der Waals surface area contributed by atoms with E-state index >= 15 is 0 Å². The number of anilines is 1. The van der Waals surface area contributed by atoms with Gasteiger partial charge in [0.25, 0.3) is 0 Å². The predicted molar refractivity (Wildman–Crippen MR) is 110 cm³/mol. The number of aromatic nitrogens is 1. The van der Waals surface area contributed by atoms with E-state index in [1.165, 1.54) is 0 Å². The third-order valence-corrected chi connectivity index (χ3v) is 5.08. The van der Waals surface area contributed by atoms with Gasteiger partial charge in [0.05, 0.1) is 6.04 Å². The van der Waals surface area contributed by atoms with Crippen molar-refractivity contribution in [1.29, 1.82) is 0 Å². The van der Waals surface area contributed by atoms with Crippen molar-refractivity contribution >= 4 is 17.6 Å². The maximum absolute atomic E-state index is 12.4. The zero-order valence-corrected chi connectivity index (χ0v) is 16.4. The van der Waals surface area contributed by atoms with Crippen molar-refractivity contribution in [3.05, 3.63) is 60.3 Å². The van der Waals surface area contributed by atoms with Crippen LogP contribution in [-0.2, 0) is 9.59 Å². The Labute approximate surface area is 166 Å². The molecule has 1 aromatic heterocycles. The van der Waals surface area contributed by atoms with Gasteiger partial charge in [-0.05, 0) is 31.0 Å². The Bertz CT molecular complexity index is 759. The van der Waals surface area contributed by atoms with E-state index in [0.29, 0.717) is 32.4 Å². The van der Waals surface area contributed by atoms with E-state index in [0.717, 1.165) is 24.5 Å². The molecule has 1 unspecified atom stereocenters. The monoisotopic (exact) mass is 380 g/mol. The summed E-state index contributed by atoms with van der Waals surface area (Å²) in [6.07, 6.45) is 3.15. The molecule has 1 fully saturated rings. The number of hydrogen-bond donors (Lipinski definition) is 1. The first kappa shape index (κ1) is 19.9. The molecule has 1 saturated heterocycles. The molecule has 1 aliphatic heterocycles. The summed E-state index contributed by atoms with van der Waals surface area (Å²) in [4.78, 5) is 33.0. The molecule has 0 bridgehead atoms. The molecule has 28 heavy (non-hydrogen) atoms. The molecule has 148 valence electrons. The lowest BCUT2D eigenvalue weighted by atomic mass is 10.1. The van der Waals surface area contributed by atoms with Gasteiger partial charge in [-0.1, -0.05) is 36.4 Å². The van der Waals surface area contributed by atoms with Crippen molar-refractivity contribution in [2.75, 3.05) is 31.1 Å². The Morgan fingerprint density at radius 2 is 1.71 bits per heavy atom. The maximum Gasteiger partial charge on any atom is 0.222 e. The number of piperazine rings is 1. The molecule has 6 nitrogen and oxygen atoms in total. The van der Waals surface area contributed by atoms with Gasteiger partial charge < -0.3 is 15.1 Å². The number of benzene rings is 1. The second-order valence-electron chi connectivity index (χ2n) is 7.11. The molecule has 2 aromatic rings. The summed E-state index contributed by atoms with van der Waals surface area (Å²) in [6.45, 7) is 4.95. The molecule has 6 heteroatoms. The van der Waals surface area contributed by atoms with Crippen LogP contribution in [0.2, 0.25) is 0 Å². The third-order valence-electron chi connectivity index (χ3n) is 5.08. The van der Waals surface area contributed by atoms with Gasteiger partial charge in [0.2, 0.25) is 11.8 Å². The van der Waals surface area contributed by atoms with Crippen LogP contribution in [0, 0.1) is 0 Å². The van der Waals surface area contributed by atoms with E-state index in [1.54, 1.807) is 6.20 Å². The maximum atomic E-state index is 12.4. The number of nitrogens with one attached hydrogen (secondary N) is 1. The van der Waals surface area contributed by atoms with Crippen LogP contribution in [0.5, 0.6) is 0 Å². The first-order chi connectivity index (χ1) is 13.6. The van der Waals surface area contributed by atoms with Crippen LogP contribution in [-0.4, -0.2) is 47.9 Å². The SMILES string of the molecule is CC(NC(=O)CCCC(=O)N1CCN(c2ccccn2)CC1)c1ccccc1. The molecule has 1 aromatic carbocycles. The molecule has 2 amide bonds. The fraction of sp³-hybridized carbons (Fsp3) is 0.409. The van der Waals surface area contributed by atoms with Crippen molar-refractivity contribution in [3.8, 4) is 0 Å². The number of nitrogens with zero attached hydrogens (tertiary/aromatic N) is 3. The number of pyridine rings is 1. The Morgan fingerprint density at radius 3 is 2.39 bits per heavy atom. The highest BCUT2D eigenvalue weighted by Gasteiger charge is 2.21. The standard InChI is InChI=1S/C22H28N4O2/c1-18(19-8-3-2-4-9-19)24-21(27)11-7-12-22(28)26-16-14-25(15-17-26)20-10-5-6-13-23-20/h2-6,8-10,13,18H,7,11-12,14-17H2,1H3,(H,24,27). The summed E-state index contributed by atoms with van der Waals surface area (Å²) in [6, 6.07) is 15.7. The molecule has 3 rings (SSSR count). The van der Waals surface area contributed by atoms with E-state index < -0.39 is 0 Å². The summed E-state index contributed by atoms with van der Waals surface area (Å²) >= 11 is 0. The zero-order valence-electron chi connectivity index (χ0n) is 16.4. The molecular weight excluding hydrogens is 352 g/mol. The predicted octanol–water partition coefficient (Wildman–Crippen LogP) is 2.78. The zero-order chi connectivity index (χ0) is 19.8. The number of carbonyl (C=O) groups excluding carboxylic acids is 2. The van der Waals surface area contributed by atoms with E-state index in [1.807, 2.05) is 60.4 Å².